The maximum absolute atomic E-state index is 11.2. The van der Waals surface area contributed by atoms with Crippen LogP contribution in [0.1, 0.15) is 33.7 Å². The van der Waals surface area contributed by atoms with Crippen LogP contribution < -0.4 is 14.5 Å². The van der Waals surface area contributed by atoms with Gasteiger partial charge >= 0.3 is 0 Å². The molecule has 3 aromatic carbocycles. The highest BCUT2D eigenvalue weighted by atomic mass is 32.1. The Hall–Kier alpha value is -4.40. The van der Waals surface area contributed by atoms with Crippen molar-refractivity contribution in [2.24, 2.45) is 15.8 Å². The first-order valence-electron chi connectivity index (χ1n) is 14.2. The van der Waals surface area contributed by atoms with E-state index in [0.717, 1.165) is 22.5 Å². The maximum atomic E-state index is 11.2. The molecule has 2 fully saturated rings. The van der Waals surface area contributed by atoms with E-state index in [1.807, 2.05) is 29.2 Å². The number of methoxy groups -OCH3 is 1. The van der Waals surface area contributed by atoms with E-state index in [1.54, 1.807) is 7.11 Å². The largest absolute Gasteiger partial charge is 0.496 e. The summed E-state index contributed by atoms with van der Waals surface area (Å²) in [7, 11) is 1.63. The molecule has 6 rings (SSSR count). The summed E-state index contributed by atoms with van der Waals surface area (Å²) in [5, 5.41) is 22.4. The quantitative estimate of drug-likeness (QED) is 0.352. The molecular formula is C34H34N6OS. The molecule has 3 atom stereocenters. The fourth-order valence-electron chi connectivity index (χ4n) is 6.88. The van der Waals surface area contributed by atoms with Crippen LogP contribution in [0.2, 0.25) is 0 Å². The van der Waals surface area contributed by atoms with Crippen LogP contribution in [0.5, 0.6) is 5.75 Å². The highest BCUT2D eigenvalue weighted by molar-refractivity contribution is 7.80. The molecule has 3 aliphatic heterocycles. The molecule has 0 unspecified atom stereocenters. The molecule has 212 valence electrons. The van der Waals surface area contributed by atoms with Gasteiger partial charge in [0.2, 0.25) is 0 Å². The summed E-state index contributed by atoms with van der Waals surface area (Å²) in [6.45, 7) is 9.91. The molecule has 0 N–H and O–H groups in total. The molecule has 8 heteroatoms. The van der Waals surface area contributed by atoms with Crippen LogP contribution in [0.15, 0.2) is 65.7 Å². The number of piperidine rings is 2. The Bertz CT molecular complexity index is 1720. The van der Waals surface area contributed by atoms with E-state index in [-0.39, 0.29) is 0 Å². The number of para-hydroxylation sites is 1. The van der Waals surface area contributed by atoms with Crippen molar-refractivity contribution in [3.05, 3.63) is 88.5 Å². The second-order valence-corrected chi connectivity index (χ2v) is 12.2. The van der Waals surface area contributed by atoms with Crippen molar-refractivity contribution in [3.63, 3.8) is 0 Å². The molecule has 0 saturated carbocycles. The number of nitrogens with zero attached hydrogens (tertiary/aromatic N) is 6. The number of benzene rings is 3. The SMILES string of the molecule is COc1ccccc1[C@H]1[C@@]2(C#N)CN(c3ccc(C)c(C)c3)C[C@@]1(C#N)C1=NCN(c3ccc(C)c(C)c3)CN1C2=S. The Morgan fingerprint density at radius 1 is 0.833 bits per heavy atom. The first kappa shape index (κ1) is 27.8. The van der Waals surface area contributed by atoms with Gasteiger partial charge in [0.1, 0.15) is 34.1 Å². The first-order valence-corrected chi connectivity index (χ1v) is 14.6. The summed E-state index contributed by atoms with van der Waals surface area (Å²) >= 11 is 6.29. The molecule has 7 nitrogen and oxygen atoms in total. The topological polar surface area (TPSA) is 78.9 Å². The lowest BCUT2D eigenvalue weighted by molar-refractivity contribution is 0.202. The van der Waals surface area contributed by atoms with Crippen molar-refractivity contribution >= 4 is 34.4 Å². The third-order valence-corrected chi connectivity index (χ3v) is 10.00. The van der Waals surface area contributed by atoms with Crippen LogP contribution in [-0.2, 0) is 0 Å². The Morgan fingerprint density at radius 3 is 2.02 bits per heavy atom. The smallest absolute Gasteiger partial charge is 0.141 e. The van der Waals surface area contributed by atoms with E-state index >= 15 is 0 Å². The predicted molar refractivity (Wildman–Crippen MR) is 170 cm³/mol. The van der Waals surface area contributed by atoms with Crippen molar-refractivity contribution in [1.82, 2.24) is 4.90 Å². The van der Waals surface area contributed by atoms with E-state index in [0.29, 0.717) is 43.0 Å². The number of anilines is 2. The number of rotatable bonds is 4. The molecule has 0 aliphatic carbocycles. The summed E-state index contributed by atoms with van der Waals surface area (Å²) in [5.74, 6) is 0.714. The van der Waals surface area contributed by atoms with Gasteiger partial charge in [-0.1, -0.05) is 42.5 Å². The van der Waals surface area contributed by atoms with Gasteiger partial charge in [-0.2, -0.15) is 10.5 Å². The van der Waals surface area contributed by atoms with Crippen molar-refractivity contribution in [2.75, 3.05) is 43.3 Å². The molecule has 3 aliphatic rings. The minimum Gasteiger partial charge on any atom is -0.496 e. The fraction of sp³-hybridized carbons (Fsp3) is 0.353. The van der Waals surface area contributed by atoms with Gasteiger partial charge in [-0.3, -0.25) is 0 Å². The van der Waals surface area contributed by atoms with Crippen molar-refractivity contribution in [3.8, 4) is 17.9 Å². The monoisotopic (exact) mass is 574 g/mol. The Kier molecular flexibility index (Phi) is 6.71. The van der Waals surface area contributed by atoms with Crippen molar-refractivity contribution < 1.29 is 4.74 Å². The molecule has 0 spiro atoms. The normalized spacial score (nSPS) is 24.8. The lowest BCUT2D eigenvalue weighted by Crippen LogP contribution is -2.73. The molecule has 2 bridgehead atoms. The minimum absolute atomic E-state index is 0.352. The third kappa shape index (κ3) is 3.97. The zero-order chi connectivity index (χ0) is 29.8. The number of thiocarbonyl (C=S) groups is 1. The van der Waals surface area contributed by atoms with Crippen LogP contribution in [0, 0.1) is 61.2 Å². The number of hydrogen-bond donors (Lipinski definition) is 0. The van der Waals surface area contributed by atoms with Gasteiger partial charge in [-0.05, 0) is 80.3 Å². The third-order valence-electron chi connectivity index (χ3n) is 9.41. The minimum atomic E-state index is -1.19. The highest BCUT2D eigenvalue weighted by Crippen LogP contribution is 2.60. The molecule has 0 radical (unpaired) electrons. The summed E-state index contributed by atoms with van der Waals surface area (Å²) in [4.78, 5) is 11.9. The van der Waals surface area contributed by atoms with Crippen LogP contribution >= 0.6 is 12.2 Å². The van der Waals surface area contributed by atoms with Crippen LogP contribution in [0.3, 0.4) is 0 Å². The number of amidine groups is 1. The van der Waals surface area contributed by atoms with Gasteiger partial charge in [-0.15, -0.1) is 0 Å². The summed E-state index contributed by atoms with van der Waals surface area (Å²) in [6.07, 6.45) is 0. The second-order valence-electron chi connectivity index (χ2n) is 11.8. The Labute approximate surface area is 253 Å². The molecule has 3 aromatic rings. The molecule has 3 heterocycles. The molecule has 42 heavy (non-hydrogen) atoms. The molecule has 0 amide bonds. The maximum Gasteiger partial charge on any atom is 0.141 e. The lowest BCUT2D eigenvalue weighted by Gasteiger charge is -2.61. The van der Waals surface area contributed by atoms with Crippen LogP contribution in [0.25, 0.3) is 0 Å². The zero-order valence-corrected chi connectivity index (χ0v) is 25.5. The molecule has 0 aromatic heterocycles. The van der Waals surface area contributed by atoms with Gasteiger partial charge in [0.15, 0.2) is 0 Å². The van der Waals surface area contributed by atoms with Gasteiger partial charge in [0.05, 0.1) is 25.9 Å². The zero-order valence-electron chi connectivity index (χ0n) is 24.7. The van der Waals surface area contributed by atoms with Crippen molar-refractivity contribution in [1.29, 1.82) is 10.5 Å². The summed E-state index contributed by atoms with van der Waals surface area (Å²) in [5.41, 5.74) is 5.24. The number of fused-ring (bicyclic) bond motifs is 4. The number of aryl methyl sites for hydroxylation is 4. The van der Waals surface area contributed by atoms with Gasteiger partial charge in [0.25, 0.3) is 0 Å². The van der Waals surface area contributed by atoms with Gasteiger partial charge in [0, 0.05) is 35.9 Å². The van der Waals surface area contributed by atoms with E-state index in [4.69, 9.17) is 21.9 Å². The van der Waals surface area contributed by atoms with Gasteiger partial charge in [-0.25, -0.2) is 4.99 Å². The number of aliphatic imine (C=N–C) groups is 1. The number of ether oxygens (including phenoxy) is 1. The van der Waals surface area contributed by atoms with E-state index in [9.17, 15) is 10.5 Å². The van der Waals surface area contributed by atoms with Gasteiger partial charge < -0.3 is 19.4 Å². The standard InChI is InChI=1S/C34H34N6OS/c1-22-10-12-26(14-24(22)3)38-18-33(16-35)30(28-8-6-7-9-29(28)41-5)34(17-36,19-38)32(42)40-21-39(20-37-31(33)40)27-13-11-23(2)25(4)15-27/h6-15,30H,18-21H2,1-5H3/t30-,33-,34-/m1/s1. The fourth-order valence-corrected chi connectivity index (χ4v) is 7.25. The predicted octanol–water partition coefficient (Wildman–Crippen LogP) is 6.03. The molecule has 2 saturated heterocycles. The Balaban J connectivity index is 1.56. The highest BCUT2D eigenvalue weighted by Gasteiger charge is 2.68. The first-order chi connectivity index (χ1) is 20.2. The average Bonchev–Trinajstić information content (AvgIpc) is 3.01. The van der Waals surface area contributed by atoms with Crippen LogP contribution in [0.4, 0.5) is 11.4 Å². The van der Waals surface area contributed by atoms with E-state index in [2.05, 4.69) is 86.0 Å². The Morgan fingerprint density at radius 2 is 1.43 bits per heavy atom. The summed E-state index contributed by atoms with van der Waals surface area (Å²) < 4.78 is 5.81. The number of hydrogen-bond acceptors (Lipinski definition) is 7. The molecular weight excluding hydrogens is 540 g/mol. The lowest BCUT2D eigenvalue weighted by atomic mass is 9.53. The van der Waals surface area contributed by atoms with E-state index in [1.165, 1.54) is 16.7 Å². The second kappa shape index (κ2) is 10.2. The summed E-state index contributed by atoms with van der Waals surface area (Å²) in [6, 6.07) is 25.8. The number of nitriles is 2. The van der Waals surface area contributed by atoms with E-state index < -0.39 is 16.7 Å². The van der Waals surface area contributed by atoms with Crippen LogP contribution in [-0.4, -0.2) is 49.3 Å². The van der Waals surface area contributed by atoms with Crippen molar-refractivity contribution in [2.45, 2.75) is 33.6 Å². The average molecular weight is 575 g/mol.